The summed E-state index contributed by atoms with van der Waals surface area (Å²) in [6, 6.07) is 18.3. The van der Waals surface area contributed by atoms with Gasteiger partial charge in [-0.15, -0.1) is 0 Å². The van der Waals surface area contributed by atoms with Gasteiger partial charge in [-0.05, 0) is 42.5 Å². The van der Waals surface area contributed by atoms with Crippen LogP contribution >= 0.6 is 23.4 Å². The van der Waals surface area contributed by atoms with Gasteiger partial charge < -0.3 is 4.74 Å². The van der Waals surface area contributed by atoms with E-state index in [0.29, 0.717) is 15.7 Å². The van der Waals surface area contributed by atoms with E-state index in [1.165, 1.54) is 0 Å². The number of amides is 2. The first-order valence-electron chi connectivity index (χ1n) is 9.62. The van der Waals surface area contributed by atoms with Crippen LogP contribution in [-0.2, 0) is 9.59 Å². The molecule has 0 aromatic heterocycles. The molecule has 0 atom stereocenters. The number of nitrogens with zero attached hydrogens (tertiary/aromatic N) is 1. The Bertz CT molecular complexity index is 1240. The van der Waals surface area contributed by atoms with E-state index in [2.05, 4.69) is 0 Å². The van der Waals surface area contributed by atoms with Crippen molar-refractivity contribution in [2.24, 2.45) is 0 Å². The predicted molar refractivity (Wildman–Crippen MR) is 123 cm³/mol. The van der Waals surface area contributed by atoms with Gasteiger partial charge in [0.1, 0.15) is 5.75 Å². The lowest BCUT2D eigenvalue weighted by molar-refractivity contribution is -0.134. The van der Waals surface area contributed by atoms with Crippen molar-refractivity contribution >= 4 is 57.3 Å². The minimum absolute atomic E-state index is 0.0415. The molecule has 0 spiro atoms. The molecular formula is C24H18ClNO4S. The van der Waals surface area contributed by atoms with Crippen molar-refractivity contribution in [3.63, 3.8) is 0 Å². The Labute approximate surface area is 188 Å². The van der Waals surface area contributed by atoms with Crippen molar-refractivity contribution in [2.75, 3.05) is 6.54 Å². The molecule has 1 aliphatic rings. The van der Waals surface area contributed by atoms with E-state index < -0.39 is 17.1 Å². The van der Waals surface area contributed by atoms with E-state index in [1.54, 1.807) is 18.2 Å². The molecule has 0 N–H and O–H groups in total. The van der Waals surface area contributed by atoms with Crippen LogP contribution in [0.1, 0.15) is 17.5 Å². The number of carbonyl (C=O) groups excluding carboxylic acids is 3. The SMILES string of the molecule is Cc1cccc(/C=C2/SC(=O)N(CCC(=O)Oc3ccc(Cl)c4ccccc34)C2=O)c1. The molecule has 1 saturated heterocycles. The van der Waals surface area contributed by atoms with Crippen LogP contribution in [0.2, 0.25) is 5.02 Å². The maximum Gasteiger partial charge on any atom is 0.313 e. The van der Waals surface area contributed by atoms with E-state index in [1.807, 2.05) is 55.5 Å². The second kappa shape index (κ2) is 8.96. The average molecular weight is 452 g/mol. The minimum atomic E-state index is -0.533. The number of imide groups is 1. The van der Waals surface area contributed by atoms with Gasteiger partial charge in [0, 0.05) is 22.3 Å². The number of hydrogen-bond donors (Lipinski definition) is 0. The van der Waals surface area contributed by atoms with Crippen LogP contribution in [0.25, 0.3) is 16.8 Å². The number of halogens is 1. The van der Waals surface area contributed by atoms with E-state index in [-0.39, 0.29) is 13.0 Å². The summed E-state index contributed by atoms with van der Waals surface area (Å²) in [7, 11) is 0. The molecule has 1 aliphatic heterocycles. The summed E-state index contributed by atoms with van der Waals surface area (Å²) in [4.78, 5) is 38.7. The summed E-state index contributed by atoms with van der Waals surface area (Å²) in [6.07, 6.45) is 1.59. The lowest BCUT2D eigenvalue weighted by Crippen LogP contribution is -2.31. The zero-order valence-corrected chi connectivity index (χ0v) is 18.2. The molecule has 31 heavy (non-hydrogen) atoms. The fraction of sp³-hybridized carbons (Fsp3) is 0.125. The van der Waals surface area contributed by atoms with Crippen molar-refractivity contribution in [3.05, 3.63) is 81.7 Å². The maximum absolute atomic E-state index is 12.6. The Kier molecular flexibility index (Phi) is 6.11. The van der Waals surface area contributed by atoms with Crippen LogP contribution in [0.5, 0.6) is 5.75 Å². The van der Waals surface area contributed by atoms with Gasteiger partial charge in [-0.1, -0.05) is 65.7 Å². The second-order valence-corrected chi connectivity index (χ2v) is 8.46. The molecule has 1 heterocycles. The summed E-state index contributed by atoms with van der Waals surface area (Å²) in [5.41, 5.74) is 1.91. The Morgan fingerprint density at radius 1 is 1.06 bits per heavy atom. The number of benzene rings is 3. The number of hydrogen-bond acceptors (Lipinski definition) is 5. The van der Waals surface area contributed by atoms with Crippen LogP contribution in [0, 0.1) is 6.92 Å². The molecule has 4 rings (SSSR count). The smallest absolute Gasteiger partial charge is 0.313 e. The zero-order chi connectivity index (χ0) is 22.0. The second-order valence-electron chi connectivity index (χ2n) is 7.06. The van der Waals surface area contributed by atoms with E-state index in [0.717, 1.165) is 38.6 Å². The van der Waals surface area contributed by atoms with Crippen LogP contribution < -0.4 is 4.74 Å². The standard InChI is InChI=1S/C24H18ClNO4S/c1-15-5-4-6-16(13-15)14-21-23(28)26(24(29)31-21)12-11-22(27)30-20-10-9-19(25)17-7-2-3-8-18(17)20/h2-10,13-14H,11-12H2,1H3/b21-14+. The molecule has 2 amide bonds. The highest BCUT2D eigenvalue weighted by Gasteiger charge is 2.35. The van der Waals surface area contributed by atoms with Gasteiger partial charge >= 0.3 is 5.97 Å². The normalized spacial score (nSPS) is 15.2. The largest absolute Gasteiger partial charge is 0.426 e. The first-order chi connectivity index (χ1) is 14.9. The fourth-order valence-electron chi connectivity index (χ4n) is 3.30. The number of ether oxygens (including phenoxy) is 1. The van der Waals surface area contributed by atoms with Gasteiger partial charge in [0.2, 0.25) is 0 Å². The highest BCUT2D eigenvalue weighted by atomic mass is 35.5. The van der Waals surface area contributed by atoms with Crippen LogP contribution in [0.4, 0.5) is 4.79 Å². The lowest BCUT2D eigenvalue weighted by Gasteiger charge is -2.13. The number of carbonyl (C=O) groups is 3. The predicted octanol–water partition coefficient (Wildman–Crippen LogP) is 5.83. The Morgan fingerprint density at radius 3 is 2.61 bits per heavy atom. The Balaban J connectivity index is 1.42. The summed E-state index contributed by atoms with van der Waals surface area (Å²) in [5.74, 6) is -0.547. The number of rotatable bonds is 5. The fourth-order valence-corrected chi connectivity index (χ4v) is 4.40. The van der Waals surface area contributed by atoms with Crippen LogP contribution in [0.3, 0.4) is 0 Å². The van der Waals surface area contributed by atoms with E-state index in [9.17, 15) is 14.4 Å². The quantitative estimate of drug-likeness (QED) is 0.277. The molecule has 156 valence electrons. The number of fused-ring (bicyclic) bond motifs is 1. The molecule has 0 aliphatic carbocycles. The van der Waals surface area contributed by atoms with Gasteiger partial charge in [-0.25, -0.2) is 0 Å². The summed E-state index contributed by atoms with van der Waals surface area (Å²) < 4.78 is 5.48. The molecule has 7 heteroatoms. The summed E-state index contributed by atoms with van der Waals surface area (Å²) >= 11 is 7.07. The van der Waals surface area contributed by atoms with Gasteiger partial charge in [-0.2, -0.15) is 0 Å². The Hall–Kier alpha value is -3.09. The summed E-state index contributed by atoms with van der Waals surface area (Å²) in [5, 5.41) is 1.67. The summed E-state index contributed by atoms with van der Waals surface area (Å²) in [6.45, 7) is 1.92. The van der Waals surface area contributed by atoms with Crippen molar-refractivity contribution in [2.45, 2.75) is 13.3 Å². The van der Waals surface area contributed by atoms with Gasteiger partial charge in [-0.3, -0.25) is 19.3 Å². The molecule has 0 bridgehead atoms. The first kappa shape index (κ1) is 21.2. The van der Waals surface area contributed by atoms with Gasteiger partial charge in [0.25, 0.3) is 11.1 Å². The third kappa shape index (κ3) is 4.65. The van der Waals surface area contributed by atoms with Crippen LogP contribution in [0.15, 0.2) is 65.6 Å². The topological polar surface area (TPSA) is 63.7 Å². The first-order valence-corrected chi connectivity index (χ1v) is 10.8. The minimum Gasteiger partial charge on any atom is -0.426 e. The monoisotopic (exact) mass is 451 g/mol. The van der Waals surface area contributed by atoms with Crippen molar-refractivity contribution in [1.82, 2.24) is 4.90 Å². The molecule has 0 unspecified atom stereocenters. The highest BCUT2D eigenvalue weighted by Crippen LogP contribution is 2.33. The molecule has 3 aromatic carbocycles. The lowest BCUT2D eigenvalue weighted by atomic mass is 10.1. The number of esters is 1. The van der Waals surface area contributed by atoms with Crippen molar-refractivity contribution in [3.8, 4) is 5.75 Å². The molecular weight excluding hydrogens is 434 g/mol. The third-order valence-corrected chi connectivity index (χ3v) is 6.04. The molecule has 0 radical (unpaired) electrons. The maximum atomic E-state index is 12.6. The van der Waals surface area contributed by atoms with E-state index >= 15 is 0 Å². The molecule has 3 aromatic rings. The van der Waals surface area contributed by atoms with E-state index in [4.69, 9.17) is 16.3 Å². The molecule has 0 saturated carbocycles. The third-order valence-electron chi connectivity index (χ3n) is 4.81. The number of aryl methyl sites for hydroxylation is 1. The molecule has 5 nitrogen and oxygen atoms in total. The van der Waals surface area contributed by atoms with Crippen molar-refractivity contribution < 1.29 is 19.1 Å². The van der Waals surface area contributed by atoms with Crippen LogP contribution in [-0.4, -0.2) is 28.6 Å². The van der Waals surface area contributed by atoms with Gasteiger partial charge in [0.05, 0.1) is 11.3 Å². The number of thioether (sulfide) groups is 1. The van der Waals surface area contributed by atoms with Crippen molar-refractivity contribution in [1.29, 1.82) is 0 Å². The average Bonchev–Trinajstić information content (AvgIpc) is 3.01. The Morgan fingerprint density at radius 2 is 1.84 bits per heavy atom. The zero-order valence-electron chi connectivity index (χ0n) is 16.6. The molecule has 1 fully saturated rings. The van der Waals surface area contributed by atoms with Gasteiger partial charge in [0.15, 0.2) is 0 Å². The highest BCUT2D eigenvalue weighted by molar-refractivity contribution is 8.18.